The van der Waals surface area contributed by atoms with E-state index in [1.165, 1.54) is 17.8 Å². The van der Waals surface area contributed by atoms with Crippen LogP contribution in [0.3, 0.4) is 0 Å². The van der Waals surface area contributed by atoms with E-state index in [9.17, 15) is 4.39 Å². The molecule has 3 aromatic heterocycles. The Hall–Kier alpha value is -5.48. The molecule has 6 aromatic carbocycles. The van der Waals surface area contributed by atoms with Crippen LogP contribution < -0.4 is 0 Å². The molecular weight excluding hydrogens is 904 g/mol. The summed E-state index contributed by atoms with van der Waals surface area (Å²) in [6, 6.07) is 44.0. The van der Waals surface area contributed by atoms with Gasteiger partial charge in [-0.25, -0.2) is 0 Å². The van der Waals surface area contributed by atoms with Gasteiger partial charge >= 0.3 is 0 Å². The maximum absolute atomic E-state index is 13.6. The van der Waals surface area contributed by atoms with Crippen molar-refractivity contribution in [3.05, 3.63) is 168 Å². The van der Waals surface area contributed by atoms with E-state index in [4.69, 9.17) is 11.3 Å². The summed E-state index contributed by atoms with van der Waals surface area (Å²) >= 11 is 0. The molecule has 9 aromatic rings. The van der Waals surface area contributed by atoms with Crippen LogP contribution in [0.25, 0.3) is 77.1 Å². The number of hydrogen-bond acceptors (Lipinski definition) is 3. The van der Waals surface area contributed by atoms with E-state index in [0.29, 0.717) is 16.8 Å². The van der Waals surface area contributed by atoms with E-state index in [1.54, 1.807) is 39.1 Å². The molecule has 5 heteroatoms. The van der Waals surface area contributed by atoms with Gasteiger partial charge in [-0.15, -0.1) is 47.5 Å². The first kappa shape index (κ1) is 34.4. The molecule has 1 aliphatic rings. The molecule has 0 amide bonds. The molecule has 0 saturated heterocycles. The van der Waals surface area contributed by atoms with E-state index >= 15 is 0 Å². The smallest absolute Gasteiger partial charge is 0.129 e. The Morgan fingerprint density at radius 3 is 2.24 bits per heavy atom. The number of furan rings is 1. The van der Waals surface area contributed by atoms with Crippen molar-refractivity contribution in [2.24, 2.45) is 5.41 Å². The predicted octanol–water partition coefficient (Wildman–Crippen LogP) is 14.6. The second-order valence-electron chi connectivity index (χ2n) is 17.4. The molecule has 0 bridgehead atoms. The number of aromatic nitrogens is 2. The summed E-state index contributed by atoms with van der Waals surface area (Å²) in [6.45, 7) is 11.5. The first-order valence-corrected chi connectivity index (χ1v) is 19.7. The molecule has 1 radical (unpaired) electrons. The molecule has 0 unspecified atom stereocenters. The van der Waals surface area contributed by atoms with E-state index in [0.717, 1.165) is 65.8 Å². The average molecular weight is 956 g/mol. The van der Waals surface area contributed by atoms with Gasteiger partial charge in [0.15, 0.2) is 0 Å². The molecule has 3 heterocycles. The Kier molecular flexibility index (Phi) is 8.72. The van der Waals surface area contributed by atoms with Gasteiger partial charge < -0.3 is 14.4 Å². The van der Waals surface area contributed by atoms with E-state index in [2.05, 4.69) is 110 Å². The van der Waals surface area contributed by atoms with Gasteiger partial charge in [-0.3, -0.25) is 4.39 Å². The van der Waals surface area contributed by atoms with E-state index in [-0.39, 0.29) is 47.9 Å². The molecule has 3 nitrogen and oxygen atoms in total. The Balaban J connectivity index is 0.000000234. The van der Waals surface area contributed by atoms with Crippen LogP contribution in [0.5, 0.6) is 0 Å². The Morgan fingerprint density at radius 1 is 0.729 bits per heavy atom. The molecule has 0 aliphatic heterocycles. The Labute approximate surface area is 367 Å². The second-order valence-corrected chi connectivity index (χ2v) is 17.4. The maximum atomic E-state index is 13.6. The second kappa shape index (κ2) is 15.0. The molecule has 0 fully saturated rings. The zero-order valence-electron chi connectivity index (χ0n) is 39.1. The van der Waals surface area contributed by atoms with Crippen molar-refractivity contribution < 1.29 is 35.8 Å². The number of pyridine rings is 2. The van der Waals surface area contributed by atoms with Crippen molar-refractivity contribution in [1.29, 1.82) is 0 Å². The third-order valence-corrected chi connectivity index (χ3v) is 12.0. The van der Waals surface area contributed by atoms with Gasteiger partial charge in [0.1, 0.15) is 5.58 Å². The summed E-state index contributed by atoms with van der Waals surface area (Å²) in [5.74, 6) is -0.234. The minimum Gasteiger partial charge on any atom is -0.500 e. The quantitative estimate of drug-likeness (QED) is 0.131. The number of aryl methyl sites for hydroxylation is 1. The number of fused-ring (bicyclic) bond motifs is 10. The van der Waals surface area contributed by atoms with Crippen molar-refractivity contribution in [3.63, 3.8) is 0 Å². The largest absolute Gasteiger partial charge is 0.500 e. The topological polar surface area (TPSA) is 38.9 Å². The third kappa shape index (κ3) is 6.99. The van der Waals surface area contributed by atoms with Crippen LogP contribution in [0, 0.1) is 30.2 Å². The minimum atomic E-state index is -2.52. The fraction of sp³-hybridized carbons (Fsp3) is 0.222. The molecular formula is C54H47FIrN2O-2. The van der Waals surface area contributed by atoms with E-state index < -0.39 is 18.6 Å². The molecule has 297 valence electrons. The molecule has 0 saturated carbocycles. The summed E-state index contributed by atoms with van der Waals surface area (Å²) < 4.78 is 62.4. The van der Waals surface area contributed by atoms with Gasteiger partial charge in [-0.2, -0.15) is 0 Å². The van der Waals surface area contributed by atoms with Gasteiger partial charge in [-0.05, 0) is 85.8 Å². The van der Waals surface area contributed by atoms with Crippen LogP contribution in [-0.4, -0.2) is 9.97 Å². The number of halogens is 1. The zero-order valence-corrected chi connectivity index (χ0v) is 36.5. The zero-order chi connectivity index (χ0) is 44.9. The van der Waals surface area contributed by atoms with Crippen molar-refractivity contribution >= 4 is 43.5 Å². The predicted molar refractivity (Wildman–Crippen MR) is 239 cm³/mol. The van der Waals surface area contributed by atoms with Crippen molar-refractivity contribution in [1.82, 2.24) is 9.97 Å². The summed E-state index contributed by atoms with van der Waals surface area (Å²) in [5.41, 5.74) is 7.52. The maximum Gasteiger partial charge on any atom is 0.129 e. The van der Waals surface area contributed by atoms with Crippen LogP contribution in [0.1, 0.15) is 77.6 Å². The van der Waals surface area contributed by atoms with Crippen LogP contribution >= 0.6 is 0 Å². The minimum absolute atomic E-state index is 0. The molecule has 1 aliphatic carbocycles. The van der Waals surface area contributed by atoms with Gasteiger partial charge in [0.25, 0.3) is 0 Å². The molecule has 0 spiro atoms. The SMILES string of the molecule is CC1(C)c2cc(F)c[c-]c2-c2ncccc2C1(C)C.[2H]C([2H])([2H])c1cnc(-c2[c-]ccc3c2oc2c3ccc3ccc4cc(-c5ccccc5)ccc4c32)cc1C([2H])([2H])C(C)(C)C.[Ir]. The van der Waals surface area contributed by atoms with Crippen molar-refractivity contribution in [2.75, 3.05) is 0 Å². The monoisotopic (exact) mass is 956 g/mol. The number of nitrogens with zero attached hydrogens (tertiary/aromatic N) is 2. The summed E-state index contributed by atoms with van der Waals surface area (Å²) in [4.78, 5) is 9.02. The number of benzene rings is 6. The first-order valence-electron chi connectivity index (χ1n) is 22.2. The van der Waals surface area contributed by atoms with Gasteiger partial charge in [0, 0.05) is 55.9 Å². The van der Waals surface area contributed by atoms with Gasteiger partial charge in [-0.1, -0.05) is 149 Å². The molecule has 0 N–H and O–H groups in total. The fourth-order valence-corrected chi connectivity index (χ4v) is 8.39. The molecule has 0 atom stereocenters. The first-order chi connectivity index (χ1) is 29.7. The van der Waals surface area contributed by atoms with Crippen LogP contribution in [0.15, 0.2) is 132 Å². The third-order valence-electron chi connectivity index (χ3n) is 12.0. The van der Waals surface area contributed by atoms with Crippen LogP contribution in [0.4, 0.5) is 4.39 Å². The summed E-state index contributed by atoms with van der Waals surface area (Å²) in [6.07, 6.45) is 1.13. The normalized spacial score (nSPS) is 15.8. The fourth-order valence-electron chi connectivity index (χ4n) is 8.39. The van der Waals surface area contributed by atoms with Gasteiger partial charge in [0.05, 0.1) is 5.58 Å². The number of hydrogen-bond donors (Lipinski definition) is 0. The van der Waals surface area contributed by atoms with Crippen LogP contribution in [0.2, 0.25) is 0 Å². The molecule has 59 heavy (non-hydrogen) atoms. The van der Waals surface area contributed by atoms with Crippen molar-refractivity contribution in [2.45, 2.75) is 72.5 Å². The van der Waals surface area contributed by atoms with Crippen molar-refractivity contribution in [3.8, 4) is 33.6 Å². The summed E-state index contributed by atoms with van der Waals surface area (Å²) in [5, 5.41) is 6.09. The van der Waals surface area contributed by atoms with E-state index in [1.807, 2.05) is 36.4 Å². The van der Waals surface area contributed by atoms with Crippen LogP contribution in [-0.2, 0) is 37.3 Å². The molecule has 10 rings (SSSR count). The van der Waals surface area contributed by atoms with Gasteiger partial charge in [0.2, 0.25) is 0 Å². The Bertz CT molecular complexity index is 3260. The number of rotatable bonds is 3. The summed E-state index contributed by atoms with van der Waals surface area (Å²) in [7, 11) is 0. The Morgan fingerprint density at radius 2 is 1.46 bits per heavy atom. The standard InChI is InChI=1S/C37H30NO.C17H17FN.Ir/c1-23-22-38-33(20-28(23)21-37(2,3)4)32-12-8-11-30-31-18-15-25-13-14-27-19-26(24-9-6-5-7-10-24)16-17-29(27)34(25)36(31)39-35(30)32;1-16(2)13-6-5-9-19-15(13)12-8-7-11(18)10-14(12)17(16,3)4;/h5-11,13-20,22H,21H2,1-4H3;5-7,9-10H,1-4H3;/q2*-1;/i1D3,21D2;;. The average Bonchev–Trinajstić information content (AvgIpc) is 3.64.